The van der Waals surface area contributed by atoms with Crippen molar-refractivity contribution in [1.82, 2.24) is 5.32 Å². The molecule has 3 N–H and O–H groups in total. The summed E-state index contributed by atoms with van der Waals surface area (Å²) in [7, 11) is 0. The van der Waals surface area contributed by atoms with Gasteiger partial charge in [-0.1, -0.05) is 11.8 Å². The van der Waals surface area contributed by atoms with Crippen molar-refractivity contribution in [1.29, 1.82) is 0 Å². The van der Waals surface area contributed by atoms with Gasteiger partial charge in [0.2, 0.25) is 0 Å². The van der Waals surface area contributed by atoms with Gasteiger partial charge in [-0.3, -0.25) is 4.99 Å². The van der Waals surface area contributed by atoms with Crippen molar-refractivity contribution in [3.8, 4) is 0 Å². The van der Waals surface area contributed by atoms with Crippen LogP contribution in [0.15, 0.2) is 4.99 Å². The van der Waals surface area contributed by atoms with Crippen molar-refractivity contribution in [2.24, 2.45) is 10.7 Å². The molecule has 0 radical (unpaired) electrons. The van der Waals surface area contributed by atoms with Gasteiger partial charge in [0, 0.05) is 19.0 Å². The number of ether oxygens (including phenoxy) is 2. The molecule has 0 aromatic carbocycles. The number of nitrogens with one attached hydrogen (secondary N) is 1. The van der Waals surface area contributed by atoms with E-state index in [1.807, 2.05) is 0 Å². The second-order valence-electron chi connectivity index (χ2n) is 4.16. The first-order chi connectivity index (χ1) is 8.20. The van der Waals surface area contributed by atoms with E-state index in [2.05, 4.69) is 15.0 Å². The summed E-state index contributed by atoms with van der Waals surface area (Å²) in [6.45, 7) is 2.30. The molecule has 1 amide bonds. The zero-order chi connectivity index (χ0) is 12.1. The molecule has 2 aliphatic heterocycles. The van der Waals surface area contributed by atoms with E-state index in [0.29, 0.717) is 6.54 Å². The predicted octanol–water partition coefficient (Wildman–Crippen LogP) is 0.323. The molecule has 17 heavy (non-hydrogen) atoms. The Bertz CT molecular complexity index is 316. The molecule has 1 spiro atoms. The molecule has 0 aromatic heterocycles. The van der Waals surface area contributed by atoms with Crippen molar-refractivity contribution < 1.29 is 14.3 Å². The summed E-state index contributed by atoms with van der Waals surface area (Å²) in [5.74, 6) is 1.03. The molecule has 0 aliphatic carbocycles. The Morgan fingerprint density at radius 3 is 3.06 bits per heavy atom. The maximum atomic E-state index is 10.4. The Kier molecular flexibility index (Phi) is 4.11. The molecule has 0 aromatic rings. The fourth-order valence-corrected chi connectivity index (χ4v) is 3.16. The first kappa shape index (κ1) is 12.5. The fraction of sp³-hybridized carbons (Fsp3) is 0.800. The second kappa shape index (κ2) is 5.59. The van der Waals surface area contributed by atoms with Gasteiger partial charge in [0.1, 0.15) is 6.61 Å². The van der Waals surface area contributed by atoms with Gasteiger partial charge in [0.15, 0.2) is 5.17 Å². The first-order valence-electron chi connectivity index (χ1n) is 5.66. The van der Waals surface area contributed by atoms with Gasteiger partial charge >= 0.3 is 6.09 Å². The molecule has 0 saturated carbocycles. The highest BCUT2D eigenvalue weighted by atomic mass is 32.2. The van der Waals surface area contributed by atoms with E-state index >= 15 is 0 Å². The third kappa shape index (κ3) is 3.50. The van der Waals surface area contributed by atoms with Crippen LogP contribution >= 0.6 is 11.8 Å². The van der Waals surface area contributed by atoms with Crippen LogP contribution in [0.2, 0.25) is 0 Å². The lowest BCUT2D eigenvalue weighted by atomic mass is 9.93. The van der Waals surface area contributed by atoms with Crippen molar-refractivity contribution >= 4 is 23.0 Å². The van der Waals surface area contributed by atoms with E-state index < -0.39 is 6.09 Å². The number of thioether (sulfide) groups is 1. The van der Waals surface area contributed by atoms with Crippen LogP contribution in [0.3, 0.4) is 0 Å². The zero-order valence-electron chi connectivity index (χ0n) is 9.61. The molecule has 2 heterocycles. The van der Waals surface area contributed by atoms with Crippen molar-refractivity contribution in [3.63, 3.8) is 0 Å². The summed E-state index contributed by atoms with van der Waals surface area (Å²) < 4.78 is 9.97. The summed E-state index contributed by atoms with van der Waals surface area (Å²) >= 11 is 1.72. The summed E-state index contributed by atoms with van der Waals surface area (Å²) in [5.41, 5.74) is 5.01. The average molecular weight is 259 g/mol. The number of nitrogens with two attached hydrogens (primary N) is 1. The SMILES string of the molecule is NC(=O)OCCN=C1NC2(CCOCC2)CS1. The predicted molar refractivity (Wildman–Crippen MR) is 66.2 cm³/mol. The van der Waals surface area contributed by atoms with Crippen LogP contribution in [-0.4, -0.2) is 48.9 Å². The van der Waals surface area contributed by atoms with Crippen molar-refractivity contribution in [2.75, 3.05) is 32.1 Å². The quantitative estimate of drug-likeness (QED) is 0.713. The molecule has 0 bridgehead atoms. The second-order valence-corrected chi connectivity index (χ2v) is 5.12. The normalized spacial score (nSPS) is 24.8. The fourth-order valence-electron chi connectivity index (χ4n) is 1.92. The van der Waals surface area contributed by atoms with Crippen molar-refractivity contribution in [2.45, 2.75) is 18.4 Å². The van der Waals surface area contributed by atoms with Gasteiger partial charge in [0.25, 0.3) is 0 Å². The largest absolute Gasteiger partial charge is 0.448 e. The summed E-state index contributed by atoms with van der Waals surface area (Å²) in [5, 5.41) is 4.39. The molecule has 0 atom stereocenters. The van der Waals surface area contributed by atoms with Crippen LogP contribution in [0.1, 0.15) is 12.8 Å². The Hall–Kier alpha value is -0.950. The van der Waals surface area contributed by atoms with E-state index in [9.17, 15) is 4.79 Å². The number of amides is 1. The maximum Gasteiger partial charge on any atom is 0.404 e. The lowest BCUT2D eigenvalue weighted by Crippen LogP contribution is -2.48. The molecule has 2 fully saturated rings. The van der Waals surface area contributed by atoms with Gasteiger partial charge in [-0.25, -0.2) is 4.79 Å². The molecule has 2 saturated heterocycles. The molecule has 6 nitrogen and oxygen atoms in total. The van der Waals surface area contributed by atoms with Crippen molar-refractivity contribution in [3.05, 3.63) is 0 Å². The highest BCUT2D eigenvalue weighted by Gasteiger charge is 2.38. The highest BCUT2D eigenvalue weighted by Crippen LogP contribution is 2.31. The summed E-state index contributed by atoms with van der Waals surface area (Å²) in [4.78, 5) is 14.7. The van der Waals surface area contributed by atoms with Crippen LogP contribution < -0.4 is 11.1 Å². The Morgan fingerprint density at radius 1 is 1.59 bits per heavy atom. The third-order valence-corrected chi connectivity index (χ3v) is 4.10. The summed E-state index contributed by atoms with van der Waals surface area (Å²) in [6.07, 6.45) is 1.30. The minimum absolute atomic E-state index is 0.159. The Balaban J connectivity index is 1.76. The lowest BCUT2D eigenvalue weighted by molar-refractivity contribution is 0.0555. The van der Waals surface area contributed by atoms with E-state index in [-0.39, 0.29) is 12.1 Å². The number of carbonyl (C=O) groups is 1. The van der Waals surface area contributed by atoms with Gasteiger partial charge in [0.05, 0.1) is 12.1 Å². The van der Waals surface area contributed by atoms with Gasteiger partial charge in [-0.05, 0) is 12.8 Å². The van der Waals surface area contributed by atoms with E-state index in [4.69, 9.17) is 10.5 Å². The minimum atomic E-state index is -0.752. The smallest absolute Gasteiger partial charge is 0.404 e. The molecular weight excluding hydrogens is 242 g/mol. The number of aliphatic imine (C=N–C) groups is 1. The maximum absolute atomic E-state index is 10.4. The lowest BCUT2D eigenvalue weighted by Gasteiger charge is -2.32. The number of amidine groups is 1. The molecule has 2 aliphatic rings. The average Bonchev–Trinajstić information content (AvgIpc) is 2.69. The number of hydrogen-bond donors (Lipinski definition) is 2. The van der Waals surface area contributed by atoms with Crippen LogP contribution in [0.5, 0.6) is 0 Å². The van der Waals surface area contributed by atoms with Crippen LogP contribution in [0.25, 0.3) is 0 Å². The van der Waals surface area contributed by atoms with Gasteiger partial charge < -0.3 is 20.5 Å². The number of carbonyl (C=O) groups excluding carboxylic acids is 1. The molecular formula is C10H17N3O3S. The van der Waals surface area contributed by atoms with Gasteiger partial charge in [-0.2, -0.15) is 0 Å². The third-order valence-electron chi connectivity index (χ3n) is 2.90. The molecule has 7 heteroatoms. The van der Waals surface area contributed by atoms with E-state index in [1.54, 1.807) is 11.8 Å². The Morgan fingerprint density at radius 2 is 2.35 bits per heavy atom. The number of rotatable bonds is 3. The first-order valence-corrected chi connectivity index (χ1v) is 6.64. The highest BCUT2D eigenvalue weighted by molar-refractivity contribution is 8.14. The zero-order valence-corrected chi connectivity index (χ0v) is 10.4. The Labute approximate surface area is 104 Å². The molecule has 0 unspecified atom stereocenters. The number of nitrogens with zero attached hydrogens (tertiary/aromatic N) is 1. The summed E-state index contributed by atoms with van der Waals surface area (Å²) in [6, 6.07) is 0. The number of hydrogen-bond acceptors (Lipinski definition) is 5. The molecule has 2 rings (SSSR count). The van der Waals surface area contributed by atoms with Crippen LogP contribution in [-0.2, 0) is 9.47 Å². The molecule has 96 valence electrons. The topological polar surface area (TPSA) is 85.9 Å². The standard InChI is InChI=1S/C10H17N3O3S/c11-8(14)16-6-3-12-9-13-10(7-17-9)1-4-15-5-2-10/h1-7H2,(H2,11,14)(H,12,13). The van der Waals surface area contributed by atoms with Crippen LogP contribution in [0.4, 0.5) is 4.79 Å². The minimum Gasteiger partial charge on any atom is -0.448 e. The monoisotopic (exact) mass is 259 g/mol. The van der Waals surface area contributed by atoms with Gasteiger partial charge in [-0.15, -0.1) is 0 Å². The number of primary amides is 1. The van der Waals surface area contributed by atoms with Crippen LogP contribution in [0, 0.1) is 0 Å². The van der Waals surface area contributed by atoms with E-state index in [0.717, 1.165) is 37.0 Å². The van der Waals surface area contributed by atoms with E-state index in [1.165, 1.54) is 0 Å².